The maximum atomic E-state index is 12.8. The summed E-state index contributed by atoms with van der Waals surface area (Å²) in [5.74, 6) is -2.26. The molecule has 33 heavy (non-hydrogen) atoms. The van der Waals surface area contributed by atoms with E-state index in [1.54, 1.807) is 24.3 Å². The van der Waals surface area contributed by atoms with E-state index in [2.05, 4.69) is 5.32 Å². The van der Waals surface area contributed by atoms with Crippen molar-refractivity contribution in [2.75, 3.05) is 11.9 Å². The number of nitrogens with zero attached hydrogens (tertiary/aromatic N) is 1. The van der Waals surface area contributed by atoms with Crippen LogP contribution in [0, 0.1) is 10.1 Å². The number of benzene rings is 3. The molecule has 0 radical (unpaired) electrons. The Bertz CT molecular complexity index is 1370. The van der Waals surface area contributed by atoms with Crippen LogP contribution in [-0.4, -0.2) is 35.0 Å². The van der Waals surface area contributed by atoms with Gasteiger partial charge in [0.2, 0.25) is 0 Å². The topological polar surface area (TPSA) is 133 Å². The first-order valence-electron chi connectivity index (χ1n) is 9.49. The van der Waals surface area contributed by atoms with E-state index in [-0.39, 0.29) is 50.2 Å². The van der Waals surface area contributed by atoms with Gasteiger partial charge in [-0.1, -0.05) is 35.9 Å². The highest BCUT2D eigenvalue weighted by molar-refractivity contribution is 6.33. The Morgan fingerprint density at radius 1 is 0.909 bits per heavy atom. The van der Waals surface area contributed by atoms with Gasteiger partial charge in [0.1, 0.15) is 0 Å². The van der Waals surface area contributed by atoms with Gasteiger partial charge in [-0.05, 0) is 24.3 Å². The van der Waals surface area contributed by atoms with Crippen LogP contribution in [0.1, 0.15) is 42.2 Å². The summed E-state index contributed by atoms with van der Waals surface area (Å²) < 4.78 is 4.91. The molecule has 1 N–H and O–H groups in total. The van der Waals surface area contributed by atoms with Gasteiger partial charge in [-0.15, -0.1) is 0 Å². The number of halogens is 1. The van der Waals surface area contributed by atoms with Gasteiger partial charge >= 0.3 is 5.97 Å². The molecule has 9 nitrogen and oxygen atoms in total. The van der Waals surface area contributed by atoms with Crippen molar-refractivity contribution >= 4 is 46.4 Å². The third-order valence-electron chi connectivity index (χ3n) is 4.93. The van der Waals surface area contributed by atoms with Crippen LogP contribution in [-0.2, 0) is 9.53 Å². The normalized spacial score (nSPS) is 11.9. The maximum absolute atomic E-state index is 12.8. The van der Waals surface area contributed by atoms with Crippen molar-refractivity contribution in [2.45, 2.75) is 0 Å². The fraction of sp³-hybridized carbons (Fsp3) is 0.0435. The van der Waals surface area contributed by atoms with Crippen molar-refractivity contribution < 1.29 is 28.8 Å². The molecule has 0 saturated carbocycles. The van der Waals surface area contributed by atoms with Crippen molar-refractivity contribution in [1.29, 1.82) is 0 Å². The third kappa shape index (κ3) is 4.21. The number of ketones is 2. The zero-order valence-electron chi connectivity index (χ0n) is 16.7. The molecule has 10 heteroatoms. The highest BCUT2D eigenvalue weighted by atomic mass is 35.5. The number of nitrogens with one attached hydrogen (secondary N) is 1. The summed E-state index contributed by atoms with van der Waals surface area (Å²) in [6, 6.07) is 14.0. The van der Waals surface area contributed by atoms with Crippen molar-refractivity contribution in [3.05, 3.63) is 104 Å². The molecule has 0 fully saturated rings. The van der Waals surface area contributed by atoms with Crippen molar-refractivity contribution in [3.63, 3.8) is 0 Å². The minimum atomic E-state index is -0.937. The Morgan fingerprint density at radius 3 is 2.18 bits per heavy atom. The van der Waals surface area contributed by atoms with Crippen LogP contribution in [0.5, 0.6) is 0 Å². The Labute approximate surface area is 191 Å². The predicted molar refractivity (Wildman–Crippen MR) is 117 cm³/mol. The molecule has 0 spiro atoms. The average Bonchev–Trinajstić information content (AvgIpc) is 2.81. The number of carbonyl (C=O) groups is 4. The Kier molecular flexibility index (Phi) is 5.72. The van der Waals surface area contributed by atoms with E-state index in [4.69, 9.17) is 16.3 Å². The summed E-state index contributed by atoms with van der Waals surface area (Å²) in [5, 5.41) is 13.1. The summed E-state index contributed by atoms with van der Waals surface area (Å²) in [7, 11) is 0. The van der Waals surface area contributed by atoms with Gasteiger partial charge in [0.25, 0.3) is 11.6 Å². The summed E-state index contributed by atoms with van der Waals surface area (Å²) >= 11 is 5.88. The number of nitro benzene ring substituents is 1. The molecule has 1 amide bonds. The first-order chi connectivity index (χ1) is 15.8. The molecule has 4 rings (SSSR count). The van der Waals surface area contributed by atoms with Crippen LogP contribution in [0.25, 0.3) is 0 Å². The highest BCUT2D eigenvalue weighted by Crippen LogP contribution is 2.29. The third-order valence-corrected chi connectivity index (χ3v) is 5.24. The first kappa shape index (κ1) is 21.8. The van der Waals surface area contributed by atoms with E-state index in [1.165, 1.54) is 18.2 Å². The number of esters is 1. The monoisotopic (exact) mass is 464 g/mol. The molecule has 0 aliphatic heterocycles. The summed E-state index contributed by atoms with van der Waals surface area (Å²) in [6.45, 7) is -0.668. The molecule has 1 aliphatic rings. The summed E-state index contributed by atoms with van der Waals surface area (Å²) in [5.41, 5.74) is 0.811. The molecule has 0 saturated heterocycles. The molecule has 3 aromatic carbocycles. The van der Waals surface area contributed by atoms with E-state index in [0.29, 0.717) is 5.56 Å². The lowest BCUT2D eigenvalue weighted by Crippen LogP contribution is -2.23. The molecule has 1 aliphatic carbocycles. The van der Waals surface area contributed by atoms with Crippen molar-refractivity contribution in [1.82, 2.24) is 0 Å². The molecule has 164 valence electrons. The lowest BCUT2D eigenvalue weighted by molar-refractivity contribution is -0.384. The van der Waals surface area contributed by atoms with Gasteiger partial charge in [0.15, 0.2) is 18.2 Å². The van der Waals surface area contributed by atoms with E-state index in [9.17, 15) is 29.3 Å². The second-order valence-corrected chi connectivity index (χ2v) is 7.42. The van der Waals surface area contributed by atoms with Gasteiger partial charge < -0.3 is 10.1 Å². The first-order valence-corrected chi connectivity index (χ1v) is 9.87. The molecular weight excluding hydrogens is 452 g/mol. The average molecular weight is 465 g/mol. The number of ether oxygens (including phenoxy) is 1. The number of carbonyl (C=O) groups excluding carboxylic acids is 4. The summed E-state index contributed by atoms with van der Waals surface area (Å²) in [6.07, 6.45) is 0. The maximum Gasteiger partial charge on any atom is 0.340 e. The summed E-state index contributed by atoms with van der Waals surface area (Å²) in [4.78, 5) is 59.9. The lowest BCUT2D eigenvalue weighted by Gasteiger charge is -2.18. The number of hydrogen-bond acceptors (Lipinski definition) is 7. The zero-order chi connectivity index (χ0) is 23.7. The highest BCUT2D eigenvalue weighted by Gasteiger charge is 2.29. The fourth-order valence-corrected chi connectivity index (χ4v) is 3.62. The number of hydrogen-bond donors (Lipinski definition) is 1. The number of non-ortho nitro benzene ring substituents is 1. The van der Waals surface area contributed by atoms with E-state index in [1.807, 2.05) is 0 Å². The van der Waals surface area contributed by atoms with E-state index in [0.717, 1.165) is 18.2 Å². The van der Waals surface area contributed by atoms with Gasteiger partial charge in [-0.3, -0.25) is 24.5 Å². The number of fused-ring (bicyclic) bond motifs is 2. The molecule has 0 aromatic heterocycles. The van der Waals surface area contributed by atoms with Crippen LogP contribution in [0.3, 0.4) is 0 Å². The predicted octanol–water partition coefficient (Wildman–Crippen LogP) is 3.82. The van der Waals surface area contributed by atoms with Crippen LogP contribution in [0.2, 0.25) is 5.02 Å². The van der Waals surface area contributed by atoms with Crippen molar-refractivity contribution in [2.24, 2.45) is 0 Å². The van der Waals surface area contributed by atoms with Crippen LogP contribution in [0.15, 0.2) is 60.7 Å². The Balaban J connectivity index is 1.44. The van der Waals surface area contributed by atoms with Crippen LogP contribution in [0.4, 0.5) is 11.4 Å². The number of rotatable bonds is 5. The van der Waals surface area contributed by atoms with Crippen LogP contribution >= 0.6 is 11.6 Å². The zero-order valence-corrected chi connectivity index (χ0v) is 17.4. The smallest absolute Gasteiger partial charge is 0.340 e. The second kappa shape index (κ2) is 8.64. The minimum Gasteiger partial charge on any atom is -0.452 e. The molecule has 0 unspecified atom stereocenters. The molecule has 0 bridgehead atoms. The molecule has 0 atom stereocenters. The van der Waals surface area contributed by atoms with E-state index >= 15 is 0 Å². The SMILES string of the molecule is O=C(COC(=O)c1ccc([N+](=O)[O-])cc1Cl)Nc1ccc2c(c1)C(=O)c1ccccc1C2=O. The molecule has 0 heterocycles. The van der Waals surface area contributed by atoms with Crippen LogP contribution < -0.4 is 5.32 Å². The van der Waals surface area contributed by atoms with E-state index < -0.39 is 23.4 Å². The Morgan fingerprint density at radius 2 is 1.55 bits per heavy atom. The molecular formula is C23H13ClN2O7. The largest absolute Gasteiger partial charge is 0.452 e. The van der Waals surface area contributed by atoms with Gasteiger partial charge in [-0.2, -0.15) is 0 Å². The van der Waals surface area contributed by atoms with Gasteiger partial charge in [0.05, 0.1) is 15.5 Å². The molecule has 3 aromatic rings. The quantitative estimate of drug-likeness (QED) is 0.269. The fourth-order valence-electron chi connectivity index (χ4n) is 3.37. The lowest BCUT2D eigenvalue weighted by atomic mass is 9.84. The number of amides is 1. The Hall–Kier alpha value is -4.37. The van der Waals surface area contributed by atoms with Crippen molar-refractivity contribution in [3.8, 4) is 0 Å². The standard InChI is InChI=1S/C23H13ClN2O7/c24-19-10-13(26(31)32)6-8-17(19)23(30)33-11-20(27)25-12-5-7-16-18(9-12)22(29)15-4-2-1-3-14(15)21(16)28/h1-10H,11H2,(H,25,27). The van der Waals surface area contributed by atoms with Gasteiger partial charge in [-0.25, -0.2) is 4.79 Å². The second-order valence-electron chi connectivity index (χ2n) is 7.01. The van der Waals surface area contributed by atoms with Gasteiger partial charge in [0, 0.05) is 40.1 Å². The number of anilines is 1. The number of nitro groups is 1. The minimum absolute atomic E-state index is 0.133.